The molecule has 0 fully saturated rings. The Kier molecular flexibility index (Phi) is 7.12. The zero-order valence-electron chi connectivity index (χ0n) is 29.5. The van der Waals surface area contributed by atoms with Crippen LogP contribution < -0.4 is 0 Å². The smallest absolute Gasteiger partial charge is 0.160 e. The van der Waals surface area contributed by atoms with Crippen molar-refractivity contribution < 1.29 is 0 Å². The summed E-state index contributed by atoms with van der Waals surface area (Å²) in [5.74, 6) is 1.39. The highest BCUT2D eigenvalue weighted by Gasteiger charge is 2.35. The van der Waals surface area contributed by atoms with E-state index in [1.807, 2.05) is 48.8 Å². The fourth-order valence-corrected chi connectivity index (χ4v) is 8.01. The molecular weight excluding hydrogens is 645 g/mol. The van der Waals surface area contributed by atoms with E-state index in [0.717, 1.165) is 44.8 Å². The van der Waals surface area contributed by atoms with Gasteiger partial charge in [0, 0.05) is 45.6 Å². The maximum atomic E-state index is 5.25. The van der Waals surface area contributed by atoms with Gasteiger partial charge in [-0.05, 0) is 67.6 Å². The number of hydrogen-bond acceptors (Lipinski definition) is 4. The second kappa shape index (κ2) is 12.2. The van der Waals surface area contributed by atoms with E-state index >= 15 is 0 Å². The number of rotatable bonds is 5. The average Bonchev–Trinajstić information content (AvgIpc) is 3.45. The molecule has 0 aliphatic heterocycles. The Hall–Kier alpha value is -6.78. The van der Waals surface area contributed by atoms with Crippen LogP contribution >= 0.6 is 0 Å². The van der Waals surface area contributed by atoms with Crippen LogP contribution in [0.2, 0.25) is 0 Å². The Bertz CT molecular complexity index is 2830. The van der Waals surface area contributed by atoms with Gasteiger partial charge in [0.1, 0.15) is 0 Å². The van der Waals surface area contributed by atoms with Gasteiger partial charge in [-0.25, -0.2) is 19.9 Å². The van der Waals surface area contributed by atoms with Gasteiger partial charge in [-0.15, -0.1) is 0 Å². The van der Waals surface area contributed by atoms with Crippen LogP contribution in [0.5, 0.6) is 0 Å². The van der Waals surface area contributed by atoms with Gasteiger partial charge in [0.25, 0.3) is 0 Å². The molecule has 0 atom stereocenters. The lowest BCUT2D eigenvalue weighted by Crippen LogP contribution is -2.14. The molecule has 10 rings (SSSR count). The van der Waals surface area contributed by atoms with Crippen molar-refractivity contribution in [2.75, 3.05) is 0 Å². The molecular formula is C49H34N4. The molecule has 0 spiro atoms. The summed E-state index contributed by atoms with van der Waals surface area (Å²) >= 11 is 0. The summed E-state index contributed by atoms with van der Waals surface area (Å²) in [6.07, 6.45) is 3.76. The number of hydrogen-bond donors (Lipinski definition) is 0. The molecule has 0 amide bonds. The van der Waals surface area contributed by atoms with Crippen LogP contribution in [0.1, 0.15) is 25.0 Å². The van der Waals surface area contributed by atoms with E-state index in [9.17, 15) is 0 Å². The highest BCUT2D eigenvalue weighted by Crippen LogP contribution is 2.50. The van der Waals surface area contributed by atoms with Gasteiger partial charge < -0.3 is 0 Å². The molecule has 1 aliphatic rings. The Morgan fingerprint density at radius 2 is 1.02 bits per heavy atom. The highest BCUT2D eigenvalue weighted by molar-refractivity contribution is 6.13. The molecule has 53 heavy (non-hydrogen) atoms. The van der Waals surface area contributed by atoms with Crippen molar-refractivity contribution in [1.82, 2.24) is 19.9 Å². The van der Waals surface area contributed by atoms with Gasteiger partial charge in [-0.1, -0.05) is 153 Å². The second-order valence-electron chi connectivity index (χ2n) is 14.3. The number of nitrogens with zero attached hydrogens (tertiary/aromatic N) is 4. The van der Waals surface area contributed by atoms with Crippen molar-refractivity contribution >= 4 is 21.5 Å². The topological polar surface area (TPSA) is 51.6 Å². The molecule has 2 heterocycles. The van der Waals surface area contributed by atoms with Gasteiger partial charge in [-0.2, -0.15) is 0 Å². The van der Waals surface area contributed by atoms with Crippen molar-refractivity contribution in [3.63, 3.8) is 0 Å². The van der Waals surface area contributed by atoms with E-state index in [1.165, 1.54) is 43.8 Å². The van der Waals surface area contributed by atoms with E-state index in [1.54, 1.807) is 0 Å². The normalized spacial score (nSPS) is 12.9. The minimum atomic E-state index is -0.0692. The third kappa shape index (κ3) is 5.22. The maximum absolute atomic E-state index is 5.25. The van der Waals surface area contributed by atoms with Crippen LogP contribution in [0.25, 0.3) is 89.1 Å². The maximum Gasteiger partial charge on any atom is 0.160 e. The summed E-state index contributed by atoms with van der Waals surface area (Å²) in [5.41, 5.74) is 13.2. The zero-order chi connectivity index (χ0) is 35.5. The van der Waals surface area contributed by atoms with Crippen molar-refractivity contribution in [1.29, 1.82) is 0 Å². The largest absolute Gasteiger partial charge is 0.236 e. The predicted molar refractivity (Wildman–Crippen MR) is 217 cm³/mol. The molecule has 4 nitrogen and oxygen atoms in total. The molecule has 0 saturated heterocycles. The second-order valence-corrected chi connectivity index (χ2v) is 14.3. The Labute approximate surface area is 308 Å². The minimum Gasteiger partial charge on any atom is -0.236 e. The van der Waals surface area contributed by atoms with Crippen molar-refractivity contribution in [2.45, 2.75) is 19.3 Å². The zero-order valence-corrected chi connectivity index (χ0v) is 29.5. The fourth-order valence-electron chi connectivity index (χ4n) is 8.01. The molecule has 0 radical (unpaired) electrons. The van der Waals surface area contributed by atoms with Gasteiger partial charge in [0.15, 0.2) is 11.6 Å². The monoisotopic (exact) mass is 678 g/mol. The molecule has 0 bridgehead atoms. The summed E-state index contributed by atoms with van der Waals surface area (Å²) < 4.78 is 0. The van der Waals surface area contributed by atoms with Gasteiger partial charge in [0.2, 0.25) is 0 Å². The quantitative estimate of drug-likeness (QED) is 0.170. The average molecular weight is 679 g/mol. The van der Waals surface area contributed by atoms with E-state index < -0.39 is 0 Å². The van der Waals surface area contributed by atoms with Crippen LogP contribution in [-0.2, 0) is 5.41 Å². The molecule has 4 heteroatoms. The third-order valence-corrected chi connectivity index (χ3v) is 10.8. The first kappa shape index (κ1) is 31.0. The minimum absolute atomic E-state index is 0.0692. The molecule has 250 valence electrons. The van der Waals surface area contributed by atoms with Gasteiger partial charge >= 0.3 is 0 Å². The number of aromatic nitrogens is 4. The lowest BCUT2D eigenvalue weighted by Gasteiger charge is -2.22. The molecule has 0 N–H and O–H groups in total. The summed E-state index contributed by atoms with van der Waals surface area (Å²) in [5, 5.41) is 4.90. The van der Waals surface area contributed by atoms with Crippen molar-refractivity contribution in [3.8, 4) is 67.5 Å². The first-order valence-corrected chi connectivity index (χ1v) is 18.0. The standard InChI is InChI=1S/C49H34N4/c1-49(2)43-19-10-9-16-39(43)42-26-35-24-25-38-37(41(35)27-44(42)49)17-11-18-40(38)46-28-45(32-12-5-3-6-13-32)52-48(53-46)34-22-20-31(21-23-34)36-29-50-47(51-30-36)33-14-7-4-8-15-33/h3-30H,1-2H3. The molecule has 9 aromatic rings. The van der Waals surface area contributed by atoms with E-state index in [2.05, 4.69) is 145 Å². The summed E-state index contributed by atoms with van der Waals surface area (Å²) in [6, 6.07) is 55.7. The van der Waals surface area contributed by atoms with E-state index in [-0.39, 0.29) is 5.41 Å². The summed E-state index contributed by atoms with van der Waals surface area (Å²) in [6.45, 7) is 4.69. The first-order chi connectivity index (χ1) is 26.0. The third-order valence-electron chi connectivity index (χ3n) is 10.8. The SMILES string of the molecule is CC1(C)c2ccccc2-c2cc3ccc4c(-c5cc(-c6ccccc6)nc(-c6ccc(-c7cnc(-c8ccccc8)nc7)cc6)n5)cccc4c3cc21. The molecule has 0 unspecified atom stereocenters. The number of fused-ring (bicyclic) bond motifs is 6. The summed E-state index contributed by atoms with van der Waals surface area (Å²) in [7, 11) is 0. The van der Waals surface area contributed by atoms with Crippen LogP contribution in [0, 0.1) is 0 Å². The lowest BCUT2D eigenvalue weighted by molar-refractivity contribution is 0.661. The fraction of sp³-hybridized carbons (Fsp3) is 0.0612. The Balaban J connectivity index is 1.07. The Morgan fingerprint density at radius 3 is 1.79 bits per heavy atom. The van der Waals surface area contributed by atoms with Gasteiger partial charge in [0.05, 0.1) is 11.4 Å². The van der Waals surface area contributed by atoms with Crippen molar-refractivity contribution in [3.05, 3.63) is 181 Å². The number of benzene rings is 7. The predicted octanol–water partition coefficient (Wildman–Crippen LogP) is 12.2. The molecule has 2 aromatic heterocycles. The van der Waals surface area contributed by atoms with E-state index in [0.29, 0.717) is 11.6 Å². The van der Waals surface area contributed by atoms with Crippen LogP contribution in [0.15, 0.2) is 170 Å². The van der Waals surface area contributed by atoms with E-state index in [4.69, 9.17) is 9.97 Å². The molecule has 7 aromatic carbocycles. The molecule has 1 aliphatic carbocycles. The van der Waals surface area contributed by atoms with Crippen LogP contribution in [-0.4, -0.2) is 19.9 Å². The van der Waals surface area contributed by atoms with Crippen LogP contribution in [0.4, 0.5) is 0 Å². The van der Waals surface area contributed by atoms with Crippen molar-refractivity contribution in [2.24, 2.45) is 0 Å². The first-order valence-electron chi connectivity index (χ1n) is 18.0. The highest BCUT2D eigenvalue weighted by atomic mass is 14.9. The van der Waals surface area contributed by atoms with Crippen LogP contribution in [0.3, 0.4) is 0 Å². The Morgan fingerprint density at radius 1 is 0.377 bits per heavy atom. The van der Waals surface area contributed by atoms with Gasteiger partial charge in [-0.3, -0.25) is 0 Å². The summed E-state index contributed by atoms with van der Waals surface area (Å²) in [4.78, 5) is 19.6. The molecule has 0 saturated carbocycles. The lowest BCUT2D eigenvalue weighted by atomic mass is 9.81.